The maximum atomic E-state index is 8.58. The highest BCUT2D eigenvalue weighted by Crippen LogP contribution is 2.34. The molecular weight excluding hydrogens is 302 g/mol. The Kier molecular flexibility index (Phi) is 3.91. The maximum absolute atomic E-state index is 8.58. The monoisotopic (exact) mass is 333 g/mol. The molecule has 0 aliphatic heterocycles. The summed E-state index contributed by atoms with van der Waals surface area (Å²) in [4.78, 5) is 0. The molecule has 25 heavy (non-hydrogen) atoms. The summed E-state index contributed by atoms with van der Waals surface area (Å²) >= 11 is 0. The number of pyridine rings is 1. The molecule has 0 spiro atoms. The van der Waals surface area contributed by atoms with Crippen molar-refractivity contribution >= 4 is 10.8 Å². The van der Waals surface area contributed by atoms with Crippen molar-refractivity contribution in [1.82, 2.24) is 0 Å². The second-order valence-electron chi connectivity index (χ2n) is 8.38. The van der Waals surface area contributed by atoms with Crippen LogP contribution in [0.4, 0.5) is 0 Å². The van der Waals surface area contributed by atoms with Gasteiger partial charge in [-0.05, 0) is 60.4 Å². The number of aromatic nitrogens is 1. The topological polar surface area (TPSA) is 3.88 Å². The van der Waals surface area contributed by atoms with Crippen molar-refractivity contribution in [2.45, 2.75) is 53.9 Å². The summed E-state index contributed by atoms with van der Waals surface area (Å²) < 4.78 is 10.8. The molecule has 0 radical (unpaired) electrons. The summed E-state index contributed by atoms with van der Waals surface area (Å²) in [7, 11) is 2.09. The van der Waals surface area contributed by atoms with E-state index in [2.05, 4.69) is 83.5 Å². The van der Waals surface area contributed by atoms with E-state index in [9.17, 15) is 0 Å². The van der Waals surface area contributed by atoms with Crippen molar-refractivity contribution in [1.29, 1.82) is 0 Å². The molecule has 0 atom stereocenters. The Morgan fingerprint density at radius 2 is 1.64 bits per heavy atom. The van der Waals surface area contributed by atoms with Crippen LogP contribution in [-0.4, -0.2) is 0 Å². The Morgan fingerprint density at radius 1 is 0.960 bits per heavy atom. The number of nitrogens with zero attached hydrogens (tertiary/aromatic N) is 1. The van der Waals surface area contributed by atoms with Crippen LogP contribution in [0.25, 0.3) is 22.0 Å². The molecule has 1 heterocycles. The Labute approximate surface area is 153 Å². The molecule has 0 N–H and O–H groups in total. The second-order valence-corrected chi connectivity index (χ2v) is 8.38. The van der Waals surface area contributed by atoms with Crippen LogP contribution in [0.5, 0.6) is 0 Å². The molecule has 0 bridgehead atoms. The first-order chi connectivity index (χ1) is 12.0. The van der Waals surface area contributed by atoms with Gasteiger partial charge in [-0.2, -0.15) is 4.57 Å². The number of hydrogen-bond donors (Lipinski definition) is 0. The average molecular weight is 334 g/mol. The van der Waals surface area contributed by atoms with E-state index in [-0.39, 0.29) is 5.41 Å². The van der Waals surface area contributed by atoms with Gasteiger partial charge in [-0.25, -0.2) is 0 Å². The van der Waals surface area contributed by atoms with Crippen LogP contribution >= 0.6 is 0 Å². The van der Waals surface area contributed by atoms with Gasteiger partial charge in [0, 0.05) is 13.0 Å². The third kappa shape index (κ3) is 3.08. The van der Waals surface area contributed by atoms with Crippen molar-refractivity contribution in [3.8, 4) is 11.3 Å². The van der Waals surface area contributed by atoms with Crippen LogP contribution in [0.15, 0.2) is 36.4 Å². The van der Waals surface area contributed by atoms with Crippen LogP contribution in [0.2, 0.25) is 0 Å². The number of rotatable bonds is 1. The Morgan fingerprint density at radius 3 is 2.28 bits per heavy atom. The van der Waals surface area contributed by atoms with Gasteiger partial charge >= 0.3 is 0 Å². The first kappa shape index (κ1) is 16.3. The minimum Gasteiger partial charge on any atom is -0.198 e. The largest absolute Gasteiger partial charge is 0.220 e. The summed E-state index contributed by atoms with van der Waals surface area (Å²) in [6.45, 7) is 15.4. The molecule has 0 aliphatic rings. The highest BCUT2D eigenvalue weighted by atomic mass is 14.9. The Bertz CT molecular complexity index is 1020. The van der Waals surface area contributed by atoms with Gasteiger partial charge in [0.15, 0.2) is 5.69 Å². The molecule has 0 unspecified atom stereocenters. The van der Waals surface area contributed by atoms with Crippen molar-refractivity contribution in [3.63, 3.8) is 0 Å². The summed E-state index contributed by atoms with van der Waals surface area (Å²) in [6, 6.07) is 11.7. The highest BCUT2D eigenvalue weighted by Gasteiger charge is 2.23. The molecule has 0 saturated heterocycles. The molecule has 3 rings (SSSR count). The fraction of sp³-hybridized carbons (Fsp3) is 0.375. The highest BCUT2D eigenvalue weighted by molar-refractivity contribution is 5.94. The van der Waals surface area contributed by atoms with Gasteiger partial charge in [0.1, 0.15) is 7.05 Å². The van der Waals surface area contributed by atoms with Crippen molar-refractivity contribution < 1.29 is 5.94 Å². The number of aryl methyl sites for hydroxylation is 2. The molecule has 1 nitrogen and oxygen atoms in total. The zero-order valence-corrected chi connectivity index (χ0v) is 16.8. The normalized spacial score (nSPS) is 12.6. The fourth-order valence-corrected chi connectivity index (χ4v) is 3.45. The van der Waals surface area contributed by atoms with Gasteiger partial charge in [0.25, 0.3) is 0 Å². The second kappa shape index (κ2) is 5.98. The summed E-state index contributed by atoms with van der Waals surface area (Å²) in [5, 5.41) is 2.19. The lowest BCUT2D eigenvalue weighted by Crippen LogP contribution is -2.35. The van der Waals surface area contributed by atoms with E-state index in [1.807, 2.05) is 6.92 Å². The molecule has 0 amide bonds. The van der Waals surface area contributed by atoms with Crippen LogP contribution < -0.4 is 4.57 Å². The van der Waals surface area contributed by atoms with Crippen molar-refractivity contribution in [3.05, 3.63) is 64.3 Å². The molecule has 130 valence electrons. The van der Waals surface area contributed by atoms with E-state index < -0.39 is 0 Å². The lowest BCUT2D eigenvalue weighted by Gasteiger charge is -2.22. The molecule has 0 saturated carbocycles. The first-order valence-corrected chi connectivity index (χ1v) is 9.04. The molecule has 1 aromatic heterocycles. The van der Waals surface area contributed by atoms with Crippen molar-refractivity contribution in [2.75, 3.05) is 0 Å². The zero-order valence-electron chi connectivity index (χ0n) is 17.8. The molecule has 1 heteroatoms. The predicted molar refractivity (Wildman–Crippen MR) is 108 cm³/mol. The van der Waals surface area contributed by atoms with Crippen LogP contribution in [0.1, 0.15) is 50.1 Å². The van der Waals surface area contributed by atoms with E-state index in [0.717, 1.165) is 16.5 Å². The smallest absolute Gasteiger partial charge is 0.198 e. The fourth-order valence-electron chi connectivity index (χ4n) is 3.45. The molecular formula is C24H30N+. The Hall–Kier alpha value is -2.15. The van der Waals surface area contributed by atoms with Gasteiger partial charge < -0.3 is 0 Å². The van der Waals surface area contributed by atoms with E-state index in [4.69, 9.17) is 1.37 Å². The molecule has 0 aliphatic carbocycles. The van der Waals surface area contributed by atoms with Crippen LogP contribution in [0, 0.1) is 27.7 Å². The lowest BCUT2D eigenvalue weighted by atomic mass is 9.82. The van der Waals surface area contributed by atoms with Gasteiger partial charge in [0.05, 0.1) is 12.3 Å². The third-order valence-electron chi connectivity index (χ3n) is 5.37. The van der Waals surface area contributed by atoms with Crippen LogP contribution in [0.3, 0.4) is 0 Å². The zero-order chi connectivity index (χ0) is 19.4. The van der Waals surface area contributed by atoms with Gasteiger partial charge in [-0.3, -0.25) is 0 Å². The molecule has 3 aromatic rings. The van der Waals surface area contributed by atoms with E-state index in [1.54, 1.807) is 0 Å². The number of fused-ring (bicyclic) bond motifs is 1. The number of benzene rings is 2. The minimum absolute atomic E-state index is 0.0991. The van der Waals surface area contributed by atoms with Crippen LogP contribution in [-0.2, 0) is 12.5 Å². The van der Waals surface area contributed by atoms with Gasteiger partial charge in [-0.1, -0.05) is 44.5 Å². The average Bonchev–Trinajstić information content (AvgIpc) is 2.55. The third-order valence-corrected chi connectivity index (χ3v) is 5.37. The number of hydrogen-bond acceptors (Lipinski definition) is 0. The molecule has 0 fully saturated rings. The van der Waals surface area contributed by atoms with Gasteiger partial charge in [-0.15, -0.1) is 0 Å². The Balaban J connectivity index is 2.51. The van der Waals surface area contributed by atoms with E-state index in [0.29, 0.717) is 6.04 Å². The summed E-state index contributed by atoms with van der Waals surface area (Å²) in [5.74, 6) is 0. The van der Waals surface area contributed by atoms with E-state index in [1.165, 1.54) is 33.5 Å². The van der Waals surface area contributed by atoms with Gasteiger partial charge in [0.2, 0.25) is 5.69 Å². The minimum atomic E-state index is 0.0991. The van der Waals surface area contributed by atoms with Crippen molar-refractivity contribution in [2.24, 2.45) is 7.05 Å². The summed E-state index contributed by atoms with van der Waals surface area (Å²) in [5.41, 5.74) is 8.79. The lowest BCUT2D eigenvalue weighted by molar-refractivity contribution is -0.665. The van der Waals surface area contributed by atoms with E-state index >= 15 is 0 Å². The molecule has 2 aromatic carbocycles. The first-order valence-electron chi connectivity index (χ1n) is 9.54. The predicted octanol–water partition coefficient (Wildman–Crippen LogP) is 5.86. The maximum Gasteiger partial charge on any atom is 0.220 e. The SMILES string of the molecule is [2H]c1c(C)[n+](C)c(-c2cc(C(C)(C)C)cc(C)c2C)c2cc(C)ccc12. The summed E-state index contributed by atoms with van der Waals surface area (Å²) in [6.07, 6.45) is 0. The quantitative estimate of drug-likeness (QED) is 0.491. The standard InChI is InChI=1S/C24H30N/c1-15-9-10-19-13-17(3)25(8)23(22(19)11-15)21-14-20(24(5,6)7)12-16(2)18(21)4/h9-14H,1-8H3/q+1/i13D.